The van der Waals surface area contributed by atoms with Crippen molar-refractivity contribution in [2.75, 3.05) is 19.0 Å². The summed E-state index contributed by atoms with van der Waals surface area (Å²) in [5.74, 6) is 0.0864. The van der Waals surface area contributed by atoms with Crippen LogP contribution in [-0.4, -0.2) is 19.9 Å². The lowest BCUT2D eigenvalue weighted by molar-refractivity contribution is 0.104. The van der Waals surface area contributed by atoms with Gasteiger partial charge in [-0.05, 0) is 47.2 Å². The highest BCUT2D eigenvalue weighted by Crippen LogP contribution is 2.27. The molecule has 0 unspecified atom stereocenters. The molecule has 0 aliphatic carbocycles. The molecule has 0 aliphatic rings. The Balaban J connectivity index is 2.02. The summed E-state index contributed by atoms with van der Waals surface area (Å²) in [5.41, 5.74) is 2.61. The number of carbonyl (C=O) groups is 1. The van der Waals surface area contributed by atoms with E-state index in [1.54, 1.807) is 11.3 Å². The van der Waals surface area contributed by atoms with Crippen LogP contribution in [0.5, 0.6) is 0 Å². The molecule has 2 aromatic carbocycles. The van der Waals surface area contributed by atoms with Crippen LogP contribution < -0.4 is 4.90 Å². The maximum absolute atomic E-state index is 12.6. The third kappa shape index (κ3) is 2.21. The molecule has 1 heterocycles. The Morgan fingerprint density at radius 1 is 1.00 bits per heavy atom. The van der Waals surface area contributed by atoms with Crippen molar-refractivity contribution < 1.29 is 4.79 Å². The van der Waals surface area contributed by atoms with E-state index in [1.165, 1.54) is 0 Å². The molecule has 0 saturated carbocycles. The second-order valence-corrected chi connectivity index (χ2v) is 5.83. The first-order chi connectivity index (χ1) is 9.66. The Bertz CT molecular complexity index is 756. The average molecular weight is 281 g/mol. The van der Waals surface area contributed by atoms with Crippen molar-refractivity contribution in [3.8, 4) is 0 Å². The first-order valence-corrected chi connectivity index (χ1v) is 7.33. The maximum Gasteiger partial charge on any atom is 0.194 e. The largest absolute Gasteiger partial charge is 0.378 e. The summed E-state index contributed by atoms with van der Waals surface area (Å²) >= 11 is 1.62. The van der Waals surface area contributed by atoms with Gasteiger partial charge in [0.2, 0.25) is 0 Å². The Labute approximate surface area is 122 Å². The predicted octanol–water partition coefficient (Wildman–Crippen LogP) is 4.20. The highest BCUT2D eigenvalue weighted by atomic mass is 32.1. The number of nitrogens with zero attached hydrogens (tertiary/aromatic N) is 1. The van der Waals surface area contributed by atoms with Crippen molar-refractivity contribution in [2.45, 2.75) is 0 Å². The second-order valence-electron chi connectivity index (χ2n) is 4.91. The van der Waals surface area contributed by atoms with Crippen molar-refractivity contribution in [1.82, 2.24) is 0 Å². The van der Waals surface area contributed by atoms with Crippen LogP contribution in [-0.2, 0) is 0 Å². The van der Waals surface area contributed by atoms with Crippen LogP contribution in [0.3, 0.4) is 0 Å². The molecule has 0 atom stereocenters. The highest BCUT2D eigenvalue weighted by molar-refractivity contribution is 7.17. The predicted molar refractivity (Wildman–Crippen MR) is 86.0 cm³/mol. The van der Waals surface area contributed by atoms with E-state index in [2.05, 4.69) is 0 Å². The standard InChI is InChI=1S/C17H15NOS/c1-18(2)14-8-6-12(7-9-14)16(19)15-5-3-4-13-10-11-20-17(13)15/h3-11H,1-2H3. The molecule has 100 valence electrons. The van der Waals surface area contributed by atoms with Crippen molar-refractivity contribution in [3.05, 3.63) is 65.0 Å². The van der Waals surface area contributed by atoms with Crippen LogP contribution in [0.2, 0.25) is 0 Å². The van der Waals surface area contributed by atoms with Gasteiger partial charge in [0.1, 0.15) is 0 Å². The van der Waals surface area contributed by atoms with E-state index in [0.717, 1.165) is 26.9 Å². The molecular formula is C17H15NOS. The van der Waals surface area contributed by atoms with E-state index in [0.29, 0.717) is 0 Å². The molecule has 0 aliphatic heterocycles. The molecule has 2 nitrogen and oxygen atoms in total. The number of hydrogen-bond donors (Lipinski definition) is 0. The zero-order valence-corrected chi connectivity index (χ0v) is 12.3. The first-order valence-electron chi connectivity index (χ1n) is 6.45. The fraction of sp³-hybridized carbons (Fsp3) is 0.118. The van der Waals surface area contributed by atoms with Gasteiger partial charge in [-0.3, -0.25) is 4.79 Å². The normalized spacial score (nSPS) is 10.7. The van der Waals surface area contributed by atoms with Gasteiger partial charge >= 0.3 is 0 Å². The van der Waals surface area contributed by atoms with Crippen LogP contribution in [0.15, 0.2) is 53.9 Å². The number of thiophene rings is 1. The molecule has 0 fully saturated rings. The first kappa shape index (κ1) is 12.9. The number of hydrogen-bond acceptors (Lipinski definition) is 3. The van der Waals surface area contributed by atoms with E-state index in [-0.39, 0.29) is 5.78 Å². The Morgan fingerprint density at radius 2 is 1.75 bits per heavy atom. The van der Waals surface area contributed by atoms with Crippen LogP contribution in [0.4, 0.5) is 5.69 Å². The minimum absolute atomic E-state index is 0.0864. The number of anilines is 1. The van der Waals surface area contributed by atoms with E-state index in [1.807, 2.05) is 72.9 Å². The smallest absolute Gasteiger partial charge is 0.194 e. The number of fused-ring (bicyclic) bond motifs is 1. The fourth-order valence-electron chi connectivity index (χ4n) is 2.24. The summed E-state index contributed by atoms with van der Waals surface area (Å²) in [5, 5.41) is 3.15. The van der Waals surface area contributed by atoms with Crippen molar-refractivity contribution in [2.24, 2.45) is 0 Å². The molecule has 0 bridgehead atoms. The van der Waals surface area contributed by atoms with Gasteiger partial charge in [0.25, 0.3) is 0 Å². The second kappa shape index (κ2) is 5.10. The summed E-state index contributed by atoms with van der Waals surface area (Å²) in [6.45, 7) is 0. The minimum Gasteiger partial charge on any atom is -0.378 e. The average Bonchev–Trinajstić information content (AvgIpc) is 2.95. The summed E-state index contributed by atoms with van der Waals surface area (Å²) < 4.78 is 1.06. The van der Waals surface area contributed by atoms with Gasteiger partial charge in [-0.15, -0.1) is 11.3 Å². The Hall–Kier alpha value is -2.13. The van der Waals surface area contributed by atoms with Crippen molar-refractivity contribution in [3.63, 3.8) is 0 Å². The number of rotatable bonds is 3. The molecule has 3 rings (SSSR count). The number of benzene rings is 2. The molecule has 20 heavy (non-hydrogen) atoms. The van der Waals surface area contributed by atoms with Gasteiger partial charge in [-0.2, -0.15) is 0 Å². The van der Waals surface area contributed by atoms with Gasteiger partial charge in [-0.25, -0.2) is 0 Å². The SMILES string of the molecule is CN(C)c1ccc(C(=O)c2cccc3ccsc23)cc1. The van der Waals surface area contributed by atoms with Crippen LogP contribution in [0.25, 0.3) is 10.1 Å². The Morgan fingerprint density at radius 3 is 2.45 bits per heavy atom. The van der Waals surface area contributed by atoms with E-state index in [9.17, 15) is 4.79 Å². The van der Waals surface area contributed by atoms with Crippen LogP contribution in [0.1, 0.15) is 15.9 Å². The quantitative estimate of drug-likeness (QED) is 0.671. The van der Waals surface area contributed by atoms with Gasteiger partial charge in [0.05, 0.1) is 0 Å². The molecule has 0 saturated heterocycles. The number of carbonyl (C=O) groups excluding carboxylic acids is 1. The fourth-order valence-corrected chi connectivity index (χ4v) is 3.15. The van der Waals surface area contributed by atoms with Gasteiger partial charge < -0.3 is 4.90 Å². The zero-order chi connectivity index (χ0) is 14.1. The molecule has 1 aromatic heterocycles. The molecule has 0 N–H and O–H groups in total. The molecule has 0 radical (unpaired) electrons. The van der Waals surface area contributed by atoms with E-state index in [4.69, 9.17) is 0 Å². The molecule has 3 aromatic rings. The zero-order valence-electron chi connectivity index (χ0n) is 11.5. The van der Waals surface area contributed by atoms with Gasteiger partial charge in [0.15, 0.2) is 5.78 Å². The van der Waals surface area contributed by atoms with Crippen LogP contribution in [0, 0.1) is 0 Å². The Kier molecular flexibility index (Phi) is 3.28. The lowest BCUT2D eigenvalue weighted by Gasteiger charge is -2.12. The lowest BCUT2D eigenvalue weighted by Crippen LogP contribution is -2.09. The minimum atomic E-state index is 0.0864. The van der Waals surface area contributed by atoms with Gasteiger partial charge in [-0.1, -0.05) is 12.1 Å². The van der Waals surface area contributed by atoms with Crippen LogP contribution >= 0.6 is 11.3 Å². The molecule has 3 heteroatoms. The molecule has 0 amide bonds. The monoisotopic (exact) mass is 281 g/mol. The topological polar surface area (TPSA) is 20.3 Å². The van der Waals surface area contributed by atoms with E-state index < -0.39 is 0 Å². The third-order valence-electron chi connectivity index (χ3n) is 3.37. The van der Waals surface area contributed by atoms with Crippen molar-refractivity contribution >= 4 is 32.9 Å². The van der Waals surface area contributed by atoms with Crippen molar-refractivity contribution in [1.29, 1.82) is 0 Å². The number of ketones is 1. The van der Waals surface area contributed by atoms with E-state index >= 15 is 0 Å². The summed E-state index contributed by atoms with van der Waals surface area (Å²) in [4.78, 5) is 14.7. The maximum atomic E-state index is 12.6. The van der Waals surface area contributed by atoms with Gasteiger partial charge in [0, 0.05) is 35.6 Å². The highest BCUT2D eigenvalue weighted by Gasteiger charge is 2.13. The summed E-state index contributed by atoms with van der Waals surface area (Å²) in [7, 11) is 3.98. The summed E-state index contributed by atoms with van der Waals surface area (Å²) in [6.07, 6.45) is 0. The lowest BCUT2D eigenvalue weighted by atomic mass is 10.0. The molecular weight excluding hydrogens is 266 g/mol. The molecule has 0 spiro atoms. The third-order valence-corrected chi connectivity index (χ3v) is 4.33. The summed E-state index contributed by atoms with van der Waals surface area (Å²) in [6, 6.07) is 15.7.